The van der Waals surface area contributed by atoms with Gasteiger partial charge in [0.2, 0.25) is 5.91 Å². The van der Waals surface area contributed by atoms with E-state index in [0.717, 1.165) is 32.4 Å². The highest BCUT2D eigenvalue weighted by molar-refractivity contribution is 5.77. The third kappa shape index (κ3) is 3.69. The largest absolute Gasteiger partial charge is 0.375 e. The summed E-state index contributed by atoms with van der Waals surface area (Å²) in [5, 5.41) is 3.43. The molecular weight excluding hydrogens is 240 g/mol. The zero-order valence-electron chi connectivity index (χ0n) is 12.4. The summed E-state index contributed by atoms with van der Waals surface area (Å²) in [6, 6.07) is 0. The number of rotatable bonds is 4. The van der Waals surface area contributed by atoms with Gasteiger partial charge in [-0.3, -0.25) is 4.79 Å². The molecule has 1 aliphatic heterocycles. The molecule has 4 nitrogen and oxygen atoms in total. The molecule has 1 atom stereocenters. The van der Waals surface area contributed by atoms with E-state index in [1.54, 1.807) is 0 Å². The predicted octanol–water partition coefficient (Wildman–Crippen LogP) is 1.94. The van der Waals surface area contributed by atoms with Crippen molar-refractivity contribution in [1.29, 1.82) is 0 Å². The molecule has 0 bridgehead atoms. The van der Waals surface area contributed by atoms with Crippen LogP contribution in [0.2, 0.25) is 0 Å². The van der Waals surface area contributed by atoms with Crippen LogP contribution in [0.1, 0.15) is 51.9 Å². The molecule has 1 unspecified atom stereocenters. The first-order valence-corrected chi connectivity index (χ1v) is 7.77. The summed E-state index contributed by atoms with van der Waals surface area (Å²) < 4.78 is 5.64. The minimum Gasteiger partial charge on any atom is -0.375 e. The van der Waals surface area contributed by atoms with Crippen molar-refractivity contribution in [2.75, 3.05) is 26.7 Å². The van der Waals surface area contributed by atoms with Crippen LogP contribution in [0.3, 0.4) is 0 Å². The molecule has 4 heteroatoms. The van der Waals surface area contributed by atoms with Gasteiger partial charge in [-0.25, -0.2) is 0 Å². The quantitative estimate of drug-likeness (QED) is 0.847. The van der Waals surface area contributed by atoms with Gasteiger partial charge in [-0.1, -0.05) is 26.2 Å². The van der Waals surface area contributed by atoms with Crippen molar-refractivity contribution in [1.82, 2.24) is 10.2 Å². The van der Waals surface area contributed by atoms with Gasteiger partial charge in [0.25, 0.3) is 0 Å². The molecule has 2 rings (SSSR count). The molecule has 1 heterocycles. The van der Waals surface area contributed by atoms with Crippen LogP contribution >= 0.6 is 0 Å². The molecule has 0 aromatic carbocycles. The first-order valence-electron chi connectivity index (χ1n) is 7.77. The van der Waals surface area contributed by atoms with Crippen LogP contribution in [-0.2, 0) is 9.53 Å². The lowest BCUT2D eigenvalue weighted by molar-refractivity contribution is -0.140. The number of hydrogen-bond acceptors (Lipinski definition) is 3. The molecular formula is C15H28N2O2. The van der Waals surface area contributed by atoms with Gasteiger partial charge in [0.1, 0.15) is 0 Å². The van der Waals surface area contributed by atoms with Gasteiger partial charge in [0, 0.05) is 25.0 Å². The molecule has 2 fully saturated rings. The van der Waals surface area contributed by atoms with E-state index in [1.165, 1.54) is 19.3 Å². The summed E-state index contributed by atoms with van der Waals surface area (Å²) in [6.07, 6.45) is 7.94. The Morgan fingerprint density at radius 1 is 1.37 bits per heavy atom. The highest BCUT2D eigenvalue weighted by atomic mass is 16.5. The summed E-state index contributed by atoms with van der Waals surface area (Å²) >= 11 is 0. The van der Waals surface area contributed by atoms with Gasteiger partial charge in [-0.05, 0) is 26.3 Å². The molecule has 1 amide bonds. The predicted molar refractivity (Wildman–Crippen MR) is 76.1 cm³/mol. The van der Waals surface area contributed by atoms with E-state index in [-0.39, 0.29) is 11.6 Å². The van der Waals surface area contributed by atoms with Gasteiger partial charge >= 0.3 is 0 Å². The van der Waals surface area contributed by atoms with Gasteiger partial charge < -0.3 is 15.0 Å². The first-order chi connectivity index (χ1) is 9.19. The minimum atomic E-state index is 0.0509. The van der Waals surface area contributed by atoms with Crippen LogP contribution < -0.4 is 5.32 Å². The monoisotopic (exact) mass is 268 g/mol. The minimum absolute atomic E-state index is 0.0509. The average Bonchev–Trinajstić information content (AvgIpc) is 2.48. The molecule has 0 radical (unpaired) electrons. The fourth-order valence-corrected chi connectivity index (χ4v) is 3.34. The summed E-state index contributed by atoms with van der Waals surface area (Å²) in [7, 11) is 2.01. The second-order valence-electron chi connectivity index (χ2n) is 6.01. The standard InChI is InChI=1S/C15H28N2O2/c1-3-13-12-17(9-10-19-13)14(18)11-15(16-2)7-5-4-6-8-15/h13,16H,3-12H2,1-2H3. The van der Waals surface area contributed by atoms with Crippen LogP contribution in [0.5, 0.6) is 0 Å². The van der Waals surface area contributed by atoms with Crippen molar-refractivity contribution in [3.8, 4) is 0 Å². The number of carbonyl (C=O) groups is 1. The van der Waals surface area contributed by atoms with Gasteiger partial charge in [0.05, 0.1) is 12.7 Å². The molecule has 110 valence electrons. The van der Waals surface area contributed by atoms with E-state index in [0.29, 0.717) is 18.9 Å². The Morgan fingerprint density at radius 2 is 2.11 bits per heavy atom. The fraction of sp³-hybridized carbons (Fsp3) is 0.933. The zero-order chi connectivity index (χ0) is 13.7. The molecule has 0 spiro atoms. The summed E-state index contributed by atoms with van der Waals surface area (Å²) in [4.78, 5) is 14.5. The van der Waals surface area contributed by atoms with E-state index < -0.39 is 0 Å². The maximum Gasteiger partial charge on any atom is 0.224 e. The second-order valence-corrected chi connectivity index (χ2v) is 6.01. The number of nitrogens with zero attached hydrogens (tertiary/aromatic N) is 1. The van der Waals surface area contributed by atoms with Crippen LogP contribution in [0.4, 0.5) is 0 Å². The lowest BCUT2D eigenvalue weighted by Crippen LogP contribution is -2.52. The smallest absolute Gasteiger partial charge is 0.224 e. The summed E-state index contributed by atoms with van der Waals surface area (Å²) in [5.74, 6) is 0.304. The Morgan fingerprint density at radius 3 is 2.74 bits per heavy atom. The van der Waals surface area contributed by atoms with Crippen molar-refractivity contribution in [3.05, 3.63) is 0 Å². The van der Waals surface area contributed by atoms with Crippen molar-refractivity contribution >= 4 is 5.91 Å². The van der Waals surface area contributed by atoms with E-state index in [4.69, 9.17) is 4.74 Å². The number of ether oxygens (including phenoxy) is 1. The third-order valence-corrected chi connectivity index (χ3v) is 4.78. The second kappa shape index (κ2) is 6.71. The van der Waals surface area contributed by atoms with E-state index in [1.807, 2.05) is 11.9 Å². The highest BCUT2D eigenvalue weighted by Gasteiger charge is 2.35. The van der Waals surface area contributed by atoms with Crippen molar-refractivity contribution in [2.45, 2.75) is 63.5 Å². The van der Waals surface area contributed by atoms with Gasteiger partial charge in [0.15, 0.2) is 0 Å². The van der Waals surface area contributed by atoms with Crippen LogP contribution in [0, 0.1) is 0 Å². The third-order valence-electron chi connectivity index (χ3n) is 4.78. The Kier molecular flexibility index (Phi) is 5.22. The van der Waals surface area contributed by atoms with Crippen LogP contribution in [0.25, 0.3) is 0 Å². The molecule has 1 N–H and O–H groups in total. The summed E-state index contributed by atoms with van der Waals surface area (Å²) in [6.45, 7) is 4.34. The molecule has 0 aromatic heterocycles. The Labute approximate surface area is 116 Å². The van der Waals surface area contributed by atoms with Crippen LogP contribution in [-0.4, -0.2) is 49.2 Å². The van der Waals surface area contributed by atoms with E-state index in [9.17, 15) is 4.79 Å². The normalized spacial score (nSPS) is 27.3. The number of carbonyl (C=O) groups excluding carboxylic acids is 1. The number of hydrogen-bond donors (Lipinski definition) is 1. The van der Waals surface area contributed by atoms with Crippen molar-refractivity contribution in [2.24, 2.45) is 0 Å². The lowest BCUT2D eigenvalue weighted by Gasteiger charge is -2.39. The fourth-order valence-electron chi connectivity index (χ4n) is 3.34. The van der Waals surface area contributed by atoms with Crippen molar-refractivity contribution in [3.63, 3.8) is 0 Å². The maximum absolute atomic E-state index is 12.5. The zero-order valence-corrected chi connectivity index (χ0v) is 12.4. The first kappa shape index (κ1) is 14.8. The van der Waals surface area contributed by atoms with Crippen LogP contribution in [0.15, 0.2) is 0 Å². The highest BCUT2D eigenvalue weighted by Crippen LogP contribution is 2.31. The topological polar surface area (TPSA) is 41.6 Å². The molecule has 19 heavy (non-hydrogen) atoms. The van der Waals surface area contributed by atoms with E-state index >= 15 is 0 Å². The van der Waals surface area contributed by atoms with Gasteiger partial charge in [-0.15, -0.1) is 0 Å². The number of nitrogens with one attached hydrogen (secondary N) is 1. The number of amides is 1. The van der Waals surface area contributed by atoms with E-state index in [2.05, 4.69) is 12.2 Å². The molecule has 1 saturated heterocycles. The Balaban J connectivity index is 1.91. The molecule has 1 saturated carbocycles. The maximum atomic E-state index is 12.5. The summed E-state index contributed by atoms with van der Waals surface area (Å²) in [5.41, 5.74) is 0.0509. The molecule has 0 aromatic rings. The average molecular weight is 268 g/mol. The Bertz CT molecular complexity index is 301. The molecule has 1 aliphatic carbocycles. The Hall–Kier alpha value is -0.610. The SMILES string of the molecule is CCC1CN(C(=O)CC2(NC)CCCCC2)CCO1. The molecule has 2 aliphatic rings. The number of morpholine rings is 1. The van der Waals surface area contributed by atoms with Gasteiger partial charge in [-0.2, -0.15) is 0 Å². The lowest BCUT2D eigenvalue weighted by atomic mass is 9.79. The van der Waals surface area contributed by atoms with Crippen molar-refractivity contribution < 1.29 is 9.53 Å².